The van der Waals surface area contributed by atoms with Crippen molar-refractivity contribution in [2.24, 2.45) is 11.7 Å². The average molecular weight is 497 g/mol. The summed E-state index contributed by atoms with van der Waals surface area (Å²) in [6.07, 6.45) is 2.18. The Kier molecular flexibility index (Phi) is 7.89. The van der Waals surface area contributed by atoms with Crippen molar-refractivity contribution in [1.29, 1.82) is 0 Å². The van der Waals surface area contributed by atoms with Crippen LogP contribution in [0.1, 0.15) is 71.5 Å². The minimum atomic E-state index is -0.540. The summed E-state index contributed by atoms with van der Waals surface area (Å²) in [7, 11) is 0. The fourth-order valence-electron chi connectivity index (χ4n) is 4.83. The molecule has 0 aliphatic carbocycles. The van der Waals surface area contributed by atoms with Crippen LogP contribution in [0.5, 0.6) is 0 Å². The average Bonchev–Trinajstić information content (AvgIpc) is 2.90. The van der Waals surface area contributed by atoms with Crippen LogP contribution < -0.4 is 11.3 Å². The lowest BCUT2D eigenvalue weighted by Gasteiger charge is -2.39. The van der Waals surface area contributed by atoms with Crippen LogP contribution in [0.3, 0.4) is 0 Å². The van der Waals surface area contributed by atoms with Crippen molar-refractivity contribution in [2.75, 3.05) is 0 Å². The number of pyridine rings is 1. The first-order chi connectivity index (χ1) is 17.7. The first-order valence-electron chi connectivity index (χ1n) is 12.9. The number of aromatic nitrogens is 2. The predicted octanol–water partition coefficient (Wildman–Crippen LogP) is 5.44. The highest BCUT2D eigenvalue weighted by Gasteiger charge is 2.35. The number of rotatable bonds is 8. The van der Waals surface area contributed by atoms with Crippen molar-refractivity contribution >= 4 is 11.6 Å². The molecule has 2 atom stereocenters. The summed E-state index contributed by atoms with van der Waals surface area (Å²) in [6.45, 7) is 10.1. The summed E-state index contributed by atoms with van der Waals surface area (Å²) >= 11 is 0. The number of amides is 1. The molecule has 2 unspecified atom stereocenters. The van der Waals surface area contributed by atoms with Gasteiger partial charge < -0.3 is 10.6 Å². The van der Waals surface area contributed by atoms with Crippen molar-refractivity contribution in [1.82, 2.24) is 14.3 Å². The fraction of sp³-hybridized carbons (Fsp3) is 0.323. The van der Waals surface area contributed by atoms with E-state index < -0.39 is 12.2 Å². The van der Waals surface area contributed by atoms with Crippen molar-refractivity contribution in [2.45, 2.75) is 59.7 Å². The van der Waals surface area contributed by atoms with Gasteiger partial charge in [0.2, 0.25) is 0 Å². The van der Waals surface area contributed by atoms with Crippen LogP contribution in [-0.2, 0) is 6.42 Å². The van der Waals surface area contributed by atoms with Crippen molar-refractivity contribution < 1.29 is 4.79 Å². The van der Waals surface area contributed by atoms with Crippen LogP contribution in [0.4, 0.5) is 0 Å². The van der Waals surface area contributed by atoms with Gasteiger partial charge in [-0.15, -0.1) is 0 Å². The fourth-order valence-corrected chi connectivity index (χ4v) is 4.83. The summed E-state index contributed by atoms with van der Waals surface area (Å²) in [4.78, 5) is 34.7. The molecule has 0 aliphatic rings. The number of hydrogen-bond donors (Lipinski definition) is 1. The quantitative estimate of drug-likeness (QED) is 0.330. The van der Waals surface area contributed by atoms with Gasteiger partial charge in [0.15, 0.2) is 0 Å². The van der Waals surface area contributed by atoms with Crippen LogP contribution in [0.2, 0.25) is 0 Å². The highest BCUT2D eigenvalue weighted by atomic mass is 16.2. The molecule has 192 valence electrons. The second-order valence-electron chi connectivity index (χ2n) is 10.0. The molecule has 2 aromatic carbocycles. The molecule has 37 heavy (non-hydrogen) atoms. The van der Waals surface area contributed by atoms with E-state index in [4.69, 9.17) is 10.7 Å². The standard InChI is InChI=1S/C31H36N4O2/c1-6-26(32)35(30(36)24-16-15-21(4)22(5)18-24)29(20(2)3)28-25(19-23-12-8-7-9-13-23)31(37)34-17-11-10-14-27(34)33-28/h7-18,20,26,29H,6,19,32H2,1-5H3. The third-order valence-electron chi connectivity index (χ3n) is 7.06. The number of carbonyl (C=O) groups excluding carboxylic acids is 1. The Balaban J connectivity index is 1.95. The zero-order valence-electron chi connectivity index (χ0n) is 22.3. The Morgan fingerprint density at radius 2 is 1.70 bits per heavy atom. The third-order valence-corrected chi connectivity index (χ3v) is 7.06. The van der Waals surface area contributed by atoms with Crippen LogP contribution in [0.15, 0.2) is 77.7 Å². The van der Waals surface area contributed by atoms with Crippen LogP contribution >= 0.6 is 0 Å². The molecule has 4 rings (SSSR count). The Morgan fingerprint density at radius 1 is 1.00 bits per heavy atom. The highest BCUT2D eigenvalue weighted by Crippen LogP contribution is 2.33. The summed E-state index contributed by atoms with van der Waals surface area (Å²) in [5.41, 5.74) is 12.0. The second-order valence-corrected chi connectivity index (χ2v) is 10.0. The van der Waals surface area contributed by atoms with Gasteiger partial charge in [-0.3, -0.25) is 14.0 Å². The zero-order valence-corrected chi connectivity index (χ0v) is 22.3. The second kappa shape index (κ2) is 11.1. The molecule has 2 N–H and O–H groups in total. The van der Waals surface area contributed by atoms with Gasteiger partial charge >= 0.3 is 0 Å². The van der Waals surface area contributed by atoms with E-state index in [0.717, 1.165) is 16.7 Å². The van der Waals surface area contributed by atoms with Crippen LogP contribution in [0, 0.1) is 19.8 Å². The molecule has 4 aromatic rings. The van der Waals surface area contributed by atoms with Crippen LogP contribution in [-0.4, -0.2) is 26.4 Å². The molecule has 0 saturated heterocycles. The smallest absolute Gasteiger partial charge is 0.261 e. The Hall–Kier alpha value is -3.77. The van der Waals surface area contributed by atoms with E-state index in [1.807, 2.05) is 87.5 Å². The summed E-state index contributed by atoms with van der Waals surface area (Å²) in [6, 6.07) is 20.6. The van der Waals surface area contributed by atoms with E-state index in [1.165, 1.54) is 0 Å². The van der Waals surface area contributed by atoms with E-state index >= 15 is 0 Å². The zero-order chi connectivity index (χ0) is 26.7. The largest absolute Gasteiger partial charge is 0.314 e. The van der Waals surface area contributed by atoms with Crippen molar-refractivity contribution in [3.63, 3.8) is 0 Å². The molecule has 0 aliphatic heterocycles. The molecule has 2 heterocycles. The Morgan fingerprint density at radius 3 is 2.35 bits per heavy atom. The van der Waals surface area contributed by atoms with Crippen molar-refractivity contribution in [3.05, 3.63) is 117 Å². The molecule has 0 spiro atoms. The van der Waals surface area contributed by atoms with Gasteiger partial charge in [0.05, 0.1) is 17.9 Å². The van der Waals surface area contributed by atoms with Gasteiger partial charge in [-0.2, -0.15) is 0 Å². The number of carbonyl (C=O) groups is 1. The van der Waals surface area contributed by atoms with Gasteiger partial charge in [-0.05, 0) is 67.1 Å². The lowest BCUT2D eigenvalue weighted by molar-refractivity contribution is 0.0486. The van der Waals surface area contributed by atoms with Gasteiger partial charge in [-0.1, -0.05) is 63.2 Å². The molecular weight excluding hydrogens is 460 g/mol. The molecule has 0 bridgehead atoms. The number of fused-ring (bicyclic) bond motifs is 1. The minimum absolute atomic E-state index is 0.0410. The Labute approximate surface area is 218 Å². The highest BCUT2D eigenvalue weighted by molar-refractivity contribution is 5.95. The molecule has 0 saturated carbocycles. The minimum Gasteiger partial charge on any atom is -0.314 e. The van der Waals surface area contributed by atoms with E-state index in [9.17, 15) is 9.59 Å². The molecule has 6 heteroatoms. The lowest BCUT2D eigenvalue weighted by atomic mass is 9.91. The summed E-state index contributed by atoms with van der Waals surface area (Å²) < 4.78 is 1.58. The molecule has 2 aromatic heterocycles. The van der Waals surface area contributed by atoms with E-state index in [1.54, 1.807) is 15.5 Å². The number of aryl methyl sites for hydroxylation is 2. The number of benzene rings is 2. The maximum Gasteiger partial charge on any atom is 0.261 e. The Bertz CT molecular complexity index is 1460. The number of nitrogens with two attached hydrogens (primary N) is 1. The van der Waals surface area contributed by atoms with Crippen molar-refractivity contribution in [3.8, 4) is 0 Å². The SMILES string of the molecule is CCC(N)N(C(=O)c1ccc(C)c(C)c1)C(c1nc2ccccn2c(=O)c1Cc1ccccc1)C(C)C. The maximum absolute atomic E-state index is 14.1. The first kappa shape index (κ1) is 26.3. The molecule has 1 amide bonds. The van der Waals surface area contributed by atoms with Gasteiger partial charge in [0.1, 0.15) is 5.65 Å². The molecule has 6 nitrogen and oxygen atoms in total. The van der Waals surface area contributed by atoms with Gasteiger partial charge in [0.25, 0.3) is 11.5 Å². The third kappa shape index (κ3) is 5.35. The first-order valence-corrected chi connectivity index (χ1v) is 12.9. The van der Waals surface area contributed by atoms with Gasteiger partial charge in [0, 0.05) is 23.7 Å². The number of nitrogens with zero attached hydrogens (tertiary/aromatic N) is 3. The summed E-state index contributed by atoms with van der Waals surface area (Å²) in [5, 5.41) is 0. The van der Waals surface area contributed by atoms with E-state index in [2.05, 4.69) is 13.8 Å². The van der Waals surface area contributed by atoms with E-state index in [0.29, 0.717) is 35.3 Å². The monoisotopic (exact) mass is 496 g/mol. The van der Waals surface area contributed by atoms with Crippen LogP contribution in [0.25, 0.3) is 5.65 Å². The normalized spacial score (nSPS) is 13.1. The molecular formula is C31H36N4O2. The predicted molar refractivity (Wildman–Crippen MR) is 149 cm³/mol. The topological polar surface area (TPSA) is 80.7 Å². The maximum atomic E-state index is 14.1. The molecule has 0 radical (unpaired) electrons. The summed E-state index contributed by atoms with van der Waals surface area (Å²) in [5.74, 6) is -0.197. The molecule has 0 fully saturated rings. The van der Waals surface area contributed by atoms with E-state index in [-0.39, 0.29) is 17.4 Å². The number of hydrogen-bond acceptors (Lipinski definition) is 4. The van der Waals surface area contributed by atoms with Gasteiger partial charge in [-0.25, -0.2) is 4.98 Å². The lowest BCUT2D eigenvalue weighted by Crippen LogP contribution is -2.50.